The highest BCUT2D eigenvalue weighted by Gasteiger charge is 2.63. The van der Waals surface area contributed by atoms with Gasteiger partial charge in [-0.3, -0.25) is 4.79 Å². The average molecular weight is 405 g/mol. The maximum Gasteiger partial charge on any atom is 0.410 e. The van der Waals surface area contributed by atoms with Crippen LogP contribution >= 0.6 is 0 Å². The van der Waals surface area contributed by atoms with Crippen LogP contribution in [0.4, 0.5) is 15.3 Å². The molecule has 5 rings (SSSR count). The molecule has 1 aromatic heterocycles. The van der Waals surface area contributed by atoms with Crippen molar-refractivity contribution in [2.45, 2.75) is 44.5 Å². The number of imide groups is 1. The van der Waals surface area contributed by atoms with E-state index in [0.717, 1.165) is 4.90 Å². The predicted molar refractivity (Wildman–Crippen MR) is 105 cm³/mol. The molecule has 0 radical (unpaired) electrons. The third-order valence-corrected chi connectivity index (χ3v) is 5.96. The van der Waals surface area contributed by atoms with Gasteiger partial charge in [0, 0.05) is 17.3 Å². The van der Waals surface area contributed by atoms with Crippen LogP contribution in [0, 0.1) is 11.3 Å². The molecular weight excluding hydrogens is 386 g/mol. The highest BCUT2D eigenvalue weighted by Crippen LogP contribution is 2.43. The number of hydrogen-bond acceptors (Lipinski definition) is 6. The summed E-state index contributed by atoms with van der Waals surface area (Å²) in [5.41, 5.74) is 0.585. The molecule has 0 saturated carbocycles. The largest absolute Gasteiger partial charge is 0.447 e. The van der Waals surface area contributed by atoms with Crippen molar-refractivity contribution in [2.75, 3.05) is 11.4 Å². The van der Waals surface area contributed by atoms with Crippen molar-refractivity contribution < 1.29 is 19.1 Å². The molecule has 2 aromatic rings. The number of nitrogens with zero attached hydrogens (tertiary/aromatic N) is 5. The molecule has 0 spiro atoms. The molecule has 3 saturated heterocycles. The van der Waals surface area contributed by atoms with Crippen molar-refractivity contribution in [1.82, 2.24) is 14.8 Å². The topological polar surface area (TPSA) is 107 Å². The summed E-state index contributed by atoms with van der Waals surface area (Å²) in [5.74, 6) is -0.383. The van der Waals surface area contributed by atoms with Crippen molar-refractivity contribution in [3.8, 4) is 6.07 Å². The number of urea groups is 1. The van der Waals surface area contributed by atoms with E-state index in [1.165, 1.54) is 6.20 Å². The van der Waals surface area contributed by atoms with Crippen LogP contribution in [0.25, 0.3) is 10.8 Å². The van der Waals surface area contributed by atoms with E-state index in [-0.39, 0.29) is 23.7 Å². The zero-order chi connectivity index (χ0) is 21.2. The monoisotopic (exact) mass is 405 g/mol. The number of aromatic nitrogens is 1. The second kappa shape index (κ2) is 6.42. The summed E-state index contributed by atoms with van der Waals surface area (Å²) in [6.45, 7) is 3.90. The molecule has 152 valence electrons. The minimum Gasteiger partial charge on any atom is -0.447 e. The minimum atomic E-state index is -0.731. The molecule has 9 heteroatoms. The predicted octanol–water partition coefficient (Wildman–Crippen LogP) is 2.25. The lowest BCUT2D eigenvalue weighted by Crippen LogP contribution is -2.55. The number of carbonyl (C=O) groups excluding carboxylic acids is 3. The lowest BCUT2D eigenvalue weighted by Gasteiger charge is -2.34. The number of ether oxygens (including phenoxy) is 1. The standard InChI is InChI=1S/C21H19N5O4/c1-11(2)30-21(29)24-10-12-7-16(24)18-19(27)26(20(28)25(12)18)17-9-23-15(8-22)13-5-3-4-6-14(13)17/h3-6,9,11-12,16,18H,7,10H2,1-2H3/t12-,16?,18?/m1/s1. The Bertz CT molecular complexity index is 1140. The number of pyridine rings is 1. The Morgan fingerprint density at radius 1 is 1.27 bits per heavy atom. The second-order valence-electron chi connectivity index (χ2n) is 8.00. The van der Waals surface area contributed by atoms with Crippen molar-refractivity contribution in [3.63, 3.8) is 0 Å². The number of carbonyl (C=O) groups is 3. The molecule has 3 aliphatic rings. The van der Waals surface area contributed by atoms with Crippen LogP contribution in [0.2, 0.25) is 0 Å². The summed E-state index contributed by atoms with van der Waals surface area (Å²) in [6.07, 6.45) is 1.24. The van der Waals surface area contributed by atoms with Gasteiger partial charge in [-0.05, 0) is 20.3 Å². The van der Waals surface area contributed by atoms with Gasteiger partial charge in [0.2, 0.25) is 0 Å². The number of anilines is 1. The van der Waals surface area contributed by atoms with Gasteiger partial charge in [-0.2, -0.15) is 5.26 Å². The zero-order valence-electron chi connectivity index (χ0n) is 16.5. The molecule has 9 nitrogen and oxygen atoms in total. The van der Waals surface area contributed by atoms with Crippen molar-refractivity contribution in [1.29, 1.82) is 5.26 Å². The molecule has 0 N–H and O–H groups in total. The fourth-order valence-corrected chi connectivity index (χ4v) is 4.80. The highest BCUT2D eigenvalue weighted by atomic mass is 16.6. The van der Waals surface area contributed by atoms with Crippen LogP contribution in [0.3, 0.4) is 0 Å². The first-order valence-electron chi connectivity index (χ1n) is 9.83. The molecule has 2 unspecified atom stereocenters. The van der Waals surface area contributed by atoms with Crippen molar-refractivity contribution in [3.05, 3.63) is 36.2 Å². The quantitative estimate of drug-likeness (QED) is 0.710. The highest BCUT2D eigenvalue weighted by molar-refractivity contribution is 6.25. The molecular formula is C21H19N5O4. The normalized spacial score (nSPS) is 24.7. The Morgan fingerprint density at radius 2 is 2.00 bits per heavy atom. The van der Waals surface area contributed by atoms with Gasteiger partial charge in [-0.15, -0.1) is 0 Å². The summed E-state index contributed by atoms with van der Waals surface area (Å²) in [6, 6.07) is 7.33. The number of amides is 4. The molecule has 30 heavy (non-hydrogen) atoms. The van der Waals surface area contributed by atoms with E-state index < -0.39 is 24.2 Å². The number of benzene rings is 1. The van der Waals surface area contributed by atoms with Crippen LogP contribution in [0.1, 0.15) is 26.0 Å². The number of piperazine rings is 1. The van der Waals surface area contributed by atoms with Crippen molar-refractivity contribution >= 4 is 34.5 Å². The van der Waals surface area contributed by atoms with Crippen LogP contribution in [0.5, 0.6) is 0 Å². The Morgan fingerprint density at radius 3 is 2.70 bits per heavy atom. The number of nitriles is 1. The van der Waals surface area contributed by atoms with E-state index in [9.17, 15) is 19.6 Å². The van der Waals surface area contributed by atoms with E-state index in [2.05, 4.69) is 4.98 Å². The first-order valence-corrected chi connectivity index (χ1v) is 9.83. The first-order chi connectivity index (χ1) is 14.4. The second-order valence-corrected chi connectivity index (χ2v) is 8.00. The number of likely N-dealkylation sites (tertiary alicyclic amines) is 1. The Labute approximate surface area is 172 Å². The van der Waals surface area contributed by atoms with Gasteiger partial charge in [0.15, 0.2) is 0 Å². The molecule has 3 atom stereocenters. The Kier molecular flexibility index (Phi) is 3.93. The van der Waals surface area contributed by atoms with Gasteiger partial charge < -0.3 is 14.5 Å². The van der Waals surface area contributed by atoms with Gasteiger partial charge in [-0.1, -0.05) is 24.3 Å². The van der Waals surface area contributed by atoms with Crippen LogP contribution < -0.4 is 4.90 Å². The van der Waals surface area contributed by atoms with Gasteiger partial charge >= 0.3 is 12.1 Å². The van der Waals surface area contributed by atoms with Gasteiger partial charge in [0.1, 0.15) is 17.8 Å². The molecule has 3 fully saturated rings. The minimum absolute atomic E-state index is 0.223. The first kappa shape index (κ1) is 18.4. The molecule has 2 bridgehead atoms. The van der Waals surface area contributed by atoms with E-state index >= 15 is 0 Å². The lowest BCUT2D eigenvalue weighted by molar-refractivity contribution is -0.121. The van der Waals surface area contributed by atoms with Crippen LogP contribution in [0.15, 0.2) is 30.5 Å². The smallest absolute Gasteiger partial charge is 0.410 e. The third kappa shape index (κ3) is 2.40. The summed E-state index contributed by atoms with van der Waals surface area (Å²) in [7, 11) is 0. The third-order valence-electron chi connectivity index (χ3n) is 5.96. The fraction of sp³-hybridized carbons (Fsp3) is 0.381. The summed E-state index contributed by atoms with van der Waals surface area (Å²) >= 11 is 0. The molecule has 4 amide bonds. The molecule has 0 aliphatic carbocycles. The molecule has 1 aromatic carbocycles. The van der Waals surface area contributed by atoms with Crippen molar-refractivity contribution in [2.24, 2.45) is 0 Å². The maximum absolute atomic E-state index is 13.4. The van der Waals surface area contributed by atoms with Gasteiger partial charge in [0.25, 0.3) is 5.91 Å². The number of fused-ring (bicyclic) bond motifs is 6. The van der Waals surface area contributed by atoms with Gasteiger partial charge in [0.05, 0.1) is 30.1 Å². The number of rotatable bonds is 2. The average Bonchev–Trinajstić information content (AvgIpc) is 3.38. The van der Waals surface area contributed by atoms with E-state index in [0.29, 0.717) is 29.4 Å². The van der Waals surface area contributed by atoms with E-state index in [1.807, 2.05) is 6.07 Å². The van der Waals surface area contributed by atoms with Crippen LogP contribution in [-0.2, 0) is 9.53 Å². The summed E-state index contributed by atoms with van der Waals surface area (Å²) in [5, 5.41) is 10.5. The summed E-state index contributed by atoms with van der Waals surface area (Å²) < 4.78 is 5.31. The number of hydrogen-bond donors (Lipinski definition) is 0. The van der Waals surface area contributed by atoms with E-state index in [4.69, 9.17) is 4.74 Å². The van der Waals surface area contributed by atoms with Crippen LogP contribution in [-0.4, -0.2) is 63.6 Å². The Hall–Kier alpha value is -3.67. The lowest BCUT2D eigenvalue weighted by atomic mass is 10.1. The zero-order valence-corrected chi connectivity index (χ0v) is 16.5. The van der Waals surface area contributed by atoms with E-state index in [1.54, 1.807) is 47.9 Å². The summed E-state index contributed by atoms with van der Waals surface area (Å²) in [4.78, 5) is 47.5. The van der Waals surface area contributed by atoms with Gasteiger partial charge in [-0.25, -0.2) is 19.5 Å². The fourth-order valence-electron chi connectivity index (χ4n) is 4.80. The Balaban J connectivity index is 1.53. The maximum atomic E-state index is 13.4. The SMILES string of the molecule is CC(C)OC(=O)N1C[C@H]2CC1C1C(=O)N(c3cnc(C#N)c4ccccc34)C(=O)N12. The molecule has 3 aliphatic heterocycles. The molecule has 4 heterocycles.